The summed E-state index contributed by atoms with van der Waals surface area (Å²) in [6.45, 7) is 10.1. The zero-order valence-electron chi connectivity index (χ0n) is 12.0. The van der Waals surface area contributed by atoms with Gasteiger partial charge in [-0.25, -0.2) is 0 Å². The molecule has 0 aliphatic heterocycles. The van der Waals surface area contributed by atoms with E-state index >= 15 is 0 Å². The molecule has 0 aliphatic rings. The minimum absolute atomic E-state index is 0.809. The van der Waals surface area contributed by atoms with Crippen molar-refractivity contribution in [1.29, 1.82) is 0 Å². The maximum atomic E-state index is 5.59. The molecular weight excluding hydrogens is 222 g/mol. The van der Waals surface area contributed by atoms with Gasteiger partial charge in [-0.1, -0.05) is 45.4 Å². The summed E-state index contributed by atoms with van der Waals surface area (Å²) in [5.74, 6) is 1.66. The molecule has 0 bridgehead atoms. The van der Waals surface area contributed by atoms with Crippen LogP contribution in [0.1, 0.15) is 33.3 Å². The van der Waals surface area contributed by atoms with Crippen molar-refractivity contribution in [3.63, 3.8) is 0 Å². The molecule has 98 valence electrons. The number of hydrogen-bond acceptors (Lipinski definition) is 2. The van der Waals surface area contributed by atoms with Gasteiger partial charge in [-0.3, -0.25) is 4.98 Å². The lowest BCUT2D eigenvalue weighted by atomic mass is 10.2. The largest absolute Gasteiger partial charge is 0.457 e. The number of aromatic nitrogens is 1. The molecule has 0 saturated carbocycles. The van der Waals surface area contributed by atoms with E-state index in [2.05, 4.69) is 11.9 Å². The molecule has 0 saturated heterocycles. The molecular formula is C16H23NO. The van der Waals surface area contributed by atoms with E-state index in [1.54, 1.807) is 12.4 Å². The third kappa shape index (κ3) is 6.04. The van der Waals surface area contributed by atoms with Crippen molar-refractivity contribution in [2.45, 2.75) is 34.6 Å². The van der Waals surface area contributed by atoms with Crippen LogP contribution >= 0.6 is 0 Å². The van der Waals surface area contributed by atoms with Crippen LogP contribution in [-0.4, -0.2) is 4.98 Å². The molecule has 2 heteroatoms. The maximum absolute atomic E-state index is 5.59. The number of ether oxygens (including phenoxy) is 1. The van der Waals surface area contributed by atoms with Crippen molar-refractivity contribution in [3.05, 3.63) is 54.4 Å². The number of hydrogen-bond donors (Lipinski definition) is 0. The normalized spacial score (nSPS) is 8.28. The first-order valence-corrected chi connectivity index (χ1v) is 6.49. The summed E-state index contributed by atoms with van der Waals surface area (Å²) in [6.07, 6.45) is 3.42. The van der Waals surface area contributed by atoms with Gasteiger partial charge in [-0.2, -0.15) is 0 Å². The standard InChI is InChI=1S/C12H11NO.2C2H6/c1-10-2-4-11(5-3-10)14-12-6-8-13-9-7-12;2*1-2/h2-9H,1H3;2*1-2H3. The fraction of sp³-hybridized carbons (Fsp3) is 0.312. The van der Waals surface area contributed by atoms with E-state index < -0.39 is 0 Å². The molecule has 0 amide bonds. The highest BCUT2D eigenvalue weighted by atomic mass is 16.5. The minimum atomic E-state index is 0.809. The smallest absolute Gasteiger partial charge is 0.130 e. The van der Waals surface area contributed by atoms with Crippen LogP contribution in [0.15, 0.2) is 48.8 Å². The van der Waals surface area contributed by atoms with Crippen molar-refractivity contribution in [1.82, 2.24) is 4.98 Å². The Morgan fingerprint density at radius 3 is 1.67 bits per heavy atom. The lowest BCUT2D eigenvalue weighted by molar-refractivity contribution is 0.482. The molecule has 0 radical (unpaired) electrons. The predicted molar refractivity (Wildman–Crippen MR) is 78.2 cm³/mol. The third-order valence-corrected chi connectivity index (χ3v) is 1.91. The zero-order valence-corrected chi connectivity index (χ0v) is 12.0. The van der Waals surface area contributed by atoms with Crippen LogP contribution in [-0.2, 0) is 0 Å². The molecule has 0 N–H and O–H groups in total. The van der Waals surface area contributed by atoms with E-state index in [-0.39, 0.29) is 0 Å². The molecule has 1 heterocycles. The van der Waals surface area contributed by atoms with Crippen molar-refractivity contribution in [2.75, 3.05) is 0 Å². The Hall–Kier alpha value is -1.83. The second-order valence-corrected chi connectivity index (χ2v) is 3.10. The lowest BCUT2D eigenvalue weighted by Gasteiger charge is -2.04. The Kier molecular flexibility index (Phi) is 9.28. The highest BCUT2D eigenvalue weighted by molar-refractivity contribution is 5.31. The number of aryl methyl sites for hydroxylation is 1. The Balaban J connectivity index is 0.000000659. The minimum Gasteiger partial charge on any atom is -0.457 e. The first kappa shape index (κ1) is 16.2. The van der Waals surface area contributed by atoms with Crippen molar-refractivity contribution >= 4 is 0 Å². The molecule has 2 rings (SSSR count). The van der Waals surface area contributed by atoms with Crippen LogP contribution < -0.4 is 4.74 Å². The lowest BCUT2D eigenvalue weighted by Crippen LogP contribution is -1.83. The molecule has 1 aromatic heterocycles. The molecule has 0 aliphatic carbocycles. The van der Waals surface area contributed by atoms with Gasteiger partial charge in [0.25, 0.3) is 0 Å². The maximum Gasteiger partial charge on any atom is 0.130 e. The molecule has 0 atom stereocenters. The zero-order chi connectivity index (χ0) is 13.8. The summed E-state index contributed by atoms with van der Waals surface area (Å²) in [5.41, 5.74) is 1.23. The monoisotopic (exact) mass is 245 g/mol. The third-order valence-electron chi connectivity index (χ3n) is 1.91. The van der Waals surface area contributed by atoms with Gasteiger partial charge in [-0.05, 0) is 31.2 Å². The topological polar surface area (TPSA) is 22.1 Å². The van der Waals surface area contributed by atoms with E-state index in [1.807, 2.05) is 64.1 Å². The number of benzene rings is 1. The summed E-state index contributed by atoms with van der Waals surface area (Å²) in [7, 11) is 0. The van der Waals surface area contributed by atoms with E-state index in [0.29, 0.717) is 0 Å². The van der Waals surface area contributed by atoms with Gasteiger partial charge in [0, 0.05) is 12.4 Å². The molecule has 0 unspecified atom stereocenters. The second-order valence-electron chi connectivity index (χ2n) is 3.10. The Morgan fingerprint density at radius 1 is 0.722 bits per heavy atom. The summed E-state index contributed by atoms with van der Waals surface area (Å²) in [5, 5.41) is 0. The van der Waals surface area contributed by atoms with Gasteiger partial charge in [-0.15, -0.1) is 0 Å². The second kappa shape index (κ2) is 10.3. The fourth-order valence-electron chi connectivity index (χ4n) is 1.15. The van der Waals surface area contributed by atoms with Crippen LogP contribution in [0.2, 0.25) is 0 Å². The van der Waals surface area contributed by atoms with Crippen LogP contribution in [0.3, 0.4) is 0 Å². The molecule has 2 nitrogen and oxygen atoms in total. The summed E-state index contributed by atoms with van der Waals surface area (Å²) < 4.78 is 5.59. The summed E-state index contributed by atoms with van der Waals surface area (Å²) in [6, 6.07) is 11.6. The first-order chi connectivity index (χ1) is 8.84. The van der Waals surface area contributed by atoms with Gasteiger partial charge >= 0.3 is 0 Å². The van der Waals surface area contributed by atoms with Gasteiger partial charge in [0.2, 0.25) is 0 Å². The van der Waals surface area contributed by atoms with Crippen molar-refractivity contribution in [3.8, 4) is 11.5 Å². The van der Waals surface area contributed by atoms with Crippen LogP contribution in [0.25, 0.3) is 0 Å². The van der Waals surface area contributed by atoms with Crippen LogP contribution in [0.5, 0.6) is 11.5 Å². The van der Waals surface area contributed by atoms with E-state index in [4.69, 9.17) is 4.74 Å². The van der Waals surface area contributed by atoms with E-state index in [1.165, 1.54) is 5.56 Å². The predicted octanol–water partition coefficient (Wildman–Crippen LogP) is 5.23. The van der Waals surface area contributed by atoms with E-state index in [0.717, 1.165) is 11.5 Å². The Labute approximate surface area is 111 Å². The van der Waals surface area contributed by atoms with Gasteiger partial charge < -0.3 is 4.74 Å². The molecule has 18 heavy (non-hydrogen) atoms. The van der Waals surface area contributed by atoms with Crippen molar-refractivity contribution in [2.24, 2.45) is 0 Å². The number of pyridine rings is 1. The fourth-order valence-corrected chi connectivity index (χ4v) is 1.15. The Bertz CT molecular complexity index is 395. The van der Waals surface area contributed by atoms with Crippen molar-refractivity contribution < 1.29 is 4.74 Å². The molecule has 0 spiro atoms. The molecule has 2 aromatic rings. The van der Waals surface area contributed by atoms with Gasteiger partial charge in [0.1, 0.15) is 11.5 Å². The molecule has 0 fully saturated rings. The highest BCUT2D eigenvalue weighted by Crippen LogP contribution is 2.20. The van der Waals surface area contributed by atoms with Crippen LogP contribution in [0.4, 0.5) is 0 Å². The quantitative estimate of drug-likeness (QED) is 0.722. The SMILES string of the molecule is CC.CC.Cc1ccc(Oc2ccncc2)cc1. The average Bonchev–Trinajstić information content (AvgIpc) is 2.47. The molecule has 1 aromatic carbocycles. The summed E-state index contributed by atoms with van der Waals surface area (Å²) >= 11 is 0. The van der Waals surface area contributed by atoms with E-state index in [9.17, 15) is 0 Å². The Morgan fingerprint density at radius 2 is 1.17 bits per heavy atom. The number of nitrogens with zero attached hydrogens (tertiary/aromatic N) is 1. The highest BCUT2D eigenvalue weighted by Gasteiger charge is 1.94. The van der Waals surface area contributed by atoms with Gasteiger partial charge in [0.15, 0.2) is 0 Å². The summed E-state index contributed by atoms with van der Waals surface area (Å²) in [4.78, 5) is 3.92. The first-order valence-electron chi connectivity index (χ1n) is 6.49. The number of rotatable bonds is 2. The average molecular weight is 245 g/mol. The van der Waals surface area contributed by atoms with Crippen LogP contribution in [0, 0.1) is 6.92 Å². The van der Waals surface area contributed by atoms with Gasteiger partial charge in [0.05, 0.1) is 0 Å².